The van der Waals surface area contributed by atoms with Gasteiger partial charge in [-0.05, 0) is 118 Å². The molecule has 6 heteroatoms. The Morgan fingerprint density at radius 3 is 1.89 bits per heavy atom. The van der Waals surface area contributed by atoms with Crippen LogP contribution in [0.25, 0.3) is 21.9 Å². The lowest BCUT2D eigenvalue weighted by atomic mass is 9.46. The Bertz CT molecular complexity index is 2460. The number of nitrogens with zero attached hydrogens (tertiary/aromatic N) is 4. The van der Waals surface area contributed by atoms with Crippen LogP contribution < -0.4 is 25.5 Å². The van der Waals surface area contributed by atoms with Crippen LogP contribution in [0.1, 0.15) is 59.7 Å². The number of pyridine rings is 1. The number of para-hydroxylation sites is 2. The molecule has 0 N–H and O–H groups in total. The molecule has 2 aromatic heterocycles. The molecule has 3 heterocycles. The second-order valence-corrected chi connectivity index (χ2v) is 16.3. The van der Waals surface area contributed by atoms with Crippen LogP contribution in [0, 0.1) is 41.5 Å². The topological polar surface area (TPSA) is 33.5 Å². The average Bonchev–Trinajstić information content (AvgIpc) is 3.60. The molecule has 0 spiro atoms. The summed E-state index contributed by atoms with van der Waals surface area (Å²) in [5.74, 6) is 1.62. The molecule has 266 valence electrons. The summed E-state index contributed by atoms with van der Waals surface area (Å²) in [6.45, 7) is 21.0. The first-order valence-electron chi connectivity index (χ1n) is 18.7. The Kier molecular flexibility index (Phi) is 8.40. The maximum Gasteiger partial charge on any atom is 0.329 e. The zero-order chi connectivity index (χ0) is 37.3. The van der Waals surface area contributed by atoms with Gasteiger partial charge in [-0.25, -0.2) is 0 Å². The van der Waals surface area contributed by atoms with Crippen LogP contribution in [-0.4, -0.2) is 30.0 Å². The number of aromatic nitrogens is 2. The van der Waals surface area contributed by atoms with Crippen molar-refractivity contribution in [1.82, 2.24) is 9.46 Å². The molecule has 7 aromatic rings. The third-order valence-corrected chi connectivity index (χ3v) is 11.1. The van der Waals surface area contributed by atoms with Gasteiger partial charge in [0, 0.05) is 35.9 Å². The lowest BCUT2D eigenvalue weighted by Crippen LogP contribution is -2.53. The van der Waals surface area contributed by atoms with Gasteiger partial charge in [0.15, 0.2) is 0 Å². The van der Waals surface area contributed by atoms with Crippen molar-refractivity contribution >= 4 is 56.8 Å². The molecule has 0 saturated carbocycles. The van der Waals surface area contributed by atoms with Gasteiger partial charge in [-0.15, -0.1) is 0 Å². The monoisotopic (exact) mass is 696 g/mol. The zero-order valence-corrected chi connectivity index (χ0v) is 32.8. The van der Waals surface area contributed by atoms with Crippen LogP contribution in [0.4, 0.5) is 17.1 Å². The van der Waals surface area contributed by atoms with Gasteiger partial charge in [-0.2, -0.15) is 0 Å². The van der Waals surface area contributed by atoms with E-state index < -0.39 is 0 Å². The summed E-state index contributed by atoms with van der Waals surface area (Å²) in [6.07, 6.45) is 1.91. The fourth-order valence-corrected chi connectivity index (χ4v) is 8.80. The average molecular weight is 697 g/mol. The Morgan fingerprint density at radius 1 is 0.642 bits per heavy atom. The molecule has 5 aromatic carbocycles. The van der Waals surface area contributed by atoms with E-state index in [9.17, 15) is 0 Å². The predicted octanol–water partition coefficient (Wildman–Crippen LogP) is 10.3. The van der Waals surface area contributed by atoms with Crippen molar-refractivity contribution in [3.63, 3.8) is 0 Å². The molecular formula is C47H49BN4O. The Hall–Kier alpha value is -5.49. The zero-order valence-electron chi connectivity index (χ0n) is 32.8. The highest BCUT2D eigenvalue weighted by atomic mass is 16.5. The highest BCUT2D eigenvalue weighted by Gasteiger charge is 2.33. The van der Waals surface area contributed by atoms with Crippen LogP contribution in [0.5, 0.6) is 11.5 Å². The second-order valence-electron chi connectivity index (χ2n) is 16.3. The first kappa shape index (κ1) is 34.6. The lowest BCUT2D eigenvalue weighted by Gasteiger charge is -2.26. The van der Waals surface area contributed by atoms with Crippen molar-refractivity contribution in [2.24, 2.45) is 0 Å². The van der Waals surface area contributed by atoms with E-state index in [1.165, 1.54) is 61.2 Å². The third-order valence-electron chi connectivity index (χ3n) is 11.1. The van der Waals surface area contributed by atoms with Crippen LogP contribution in [0.15, 0.2) is 103 Å². The van der Waals surface area contributed by atoms with Gasteiger partial charge < -0.3 is 19.0 Å². The minimum atomic E-state index is -0.0615. The van der Waals surface area contributed by atoms with Crippen molar-refractivity contribution < 1.29 is 4.74 Å². The first-order valence-corrected chi connectivity index (χ1v) is 18.7. The maximum absolute atomic E-state index is 6.85. The molecule has 0 unspecified atom stereocenters. The van der Waals surface area contributed by atoms with Gasteiger partial charge in [0.25, 0.3) is 0 Å². The molecular weight excluding hydrogens is 647 g/mol. The smallest absolute Gasteiger partial charge is 0.329 e. The Labute approximate surface area is 315 Å². The number of hydrogen-bond acceptors (Lipinski definition) is 4. The summed E-state index contributed by atoms with van der Waals surface area (Å²) in [7, 11) is 2.15. The van der Waals surface area contributed by atoms with E-state index in [0.717, 1.165) is 45.8 Å². The van der Waals surface area contributed by atoms with Crippen LogP contribution in [0.3, 0.4) is 0 Å². The highest BCUT2D eigenvalue weighted by Crippen LogP contribution is 2.43. The van der Waals surface area contributed by atoms with Crippen molar-refractivity contribution in [2.45, 2.75) is 67.7 Å². The molecule has 0 fully saturated rings. The van der Waals surface area contributed by atoms with E-state index in [-0.39, 0.29) is 12.3 Å². The van der Waals surface area contributed by atoms with Gasteiger partial charge in [0.1, 0.15) is 11.5 Å². The van der Waals surface area contributed by atoms with Crippen molar-refractivity contribution in [3.05, 3.63) is 142 Å². The summed E-state index contributed by atoms with van der Waals surface area (Å²) in [6, 6.07) is 35.4. The molecule has 0 radical (unpaired) electrons. The van der Waals surface area contributed by atoms with E-state index in [4.69, 9.17) is 9.72 Å². The summed E-state index contributed by atoms with van der Waals surface area (Å²) in [5, 5.41) is 1.08. The standard InChI is InChI=1S/C47H49BN4O/c1-29-20-31(3)44(32(4)21-29)48(45-33(5)22-30(2)23-34(45)6)52-40-18-17-37(27-39(40)46-43(52)16-13-19-49-46)53-38-25-35(47(7,8)9)24-36(26-38)51-28-50(10)41-14-11-12-15-42(41)51/h11-27H,28H2,1-10H3. The minimum absolute atomic E-state index is 0.0420. The number of benzene rings is 5. The largest absolute Gasteiger partial charge is 0.457 e. The molecule has 1 aliphatic rings. The van der Waals surface area contributed by atoms with Crippen LogP contribution in [0.2, 0.25) is 0 Å². The van der Waals surface area contributed by atoms with E-state index >= 15 is 0 Å². The quantitative estimate of drug-likeness (QED) is 0.162. The van der Waals surface area contributed by atoms with Crippen molar-refractivity contribution in [2.75, 3.05) is 23.5 Å². The highest BCUT2D eigenvalue weighted by molar-refractivity contribution is 6.86. The second kappa shape index (κ2) is 12.9. The minimum Gasteiger partial charge on any atom is -0.457 e. The molecule has 0 aliphatic carbocycles. The molecule has 5 nitrogen and oxygen atoms in total. The number of fused-ring (bicyclic) bond motifs is 4. The lowest BCUT2D eigenvalue weighted by molar-refractivity contribution is 0.479. The summed E-state index contributed by atoms with van der Waals surface area (Å²) >= 11 is 0. The molecule has 0 atom stereocenters. The van der Waals surface area contributed by atoms with Gasteiger partial charge >= 0.3 is 6.85 Å². The van der Waals surface area contributed by atoms with Gasteiger partial charge in [0.05, 0.1) is 29.1 Å². The fourth-order valence-electron chi connectivity index (χ4n) is 8.80. The Morgan fingerprint density at radius 2 is 1.26 bits per heavy atom. The summed E-state index contributed by atoms with van der Waals surface area (Å²) in [5.41, 5.74) is 18.4. The van der Waals surface area contributed by atoms with Crippen molar-refractivity contribution in [3.8, 4) is 11.5 Å². The van der Waals surface area contributed by atoms with E-state index in [0.29, 0.717) is 0 Å². The van der Waals surface area contributed by atoms with Gasteiger partial charge in [-0.3, -0.25) is 4.98 Å². The number of hydrogen-bond donors (Lipinski definition) is 0. The van der Waals surface area contributed by atoms with Gasteiger partial charge in [0.2, 0.25) is 0 Å². The Balaban J connectivity index is 1.30. The fraction of sp³-hybridized carbons (Fsp3) is 0.255. The van der Waals surface area contributed by atoms with E-state index in [1.807, 2.05) is 6.20 Å². The summed E-state index contributed by atoms with van der Waals surface area (Å²) < 4.78 is 9.38. The molecule has 0 saturated heterocycles. The SMILES string of the molecule is Cc1cc(C)c(B(c2c(C)cc(C)cc2C)n2c3ccc(Oc4cc(N5CN(C)c6ccccc65)cc(C(C)(C)C)c4)cc3c3ncccc32)c(C)c1. The molecule has 53 heavy (non-hydrogen) atoms. The molecule has 1 aliphatic heterocycles. The van der Waals surface area contributed by atoms with E-state index in [1.54, 1.807) is 0 Å². The van der Waals surface area contributed by atoms with E-state index in [2.05, 4.69) is 181 Å². The predicted molar refractivity (Wildman–Crippen MR) is 226 cm³/mol. The molecule has 8 rings (SSSR count). The van der Waals surface area contributed by atoms with Crippen LogP contribution >= 0.6 is 0 Å². The number of anilines is 3. The third kappa shape index (κ3) is 6.04. The molecule has 0 amide bonds. The summed E-state index contributed by atoms with van der Waals surface area (Å²) in [4.78, 5) is 9.69. The number of aryl methyl sites for hydroxylation is 6. The van der Waals surface area contributed by atoms with Crippen LogP contribution in [-0.2, 0) is 5.41 Å². The normalized spacial score (nSPS) is 12.9. The van der Waals surface area contributed by atoms with Gasteiger partial charge in [-0.1, -0.05) is 90.6 Å². The first-order chi connectivity index (χ1) is 25.3. The van der Waals surface area contributed by atoms with Crippen molar-refractivity contribution in [1.29, 1.82) is 0 Å². The maximum atomic E-state index is 6.85. The molecule has 0 bridgehead atoms. The number of rotatable bonds is 6. The number of ether oxygens (including phenoxy) is 1.